The lowest BCUT2D eigenvalue weighted by Gasteiger charge is -2.16. The number of nitrogens with one attached hydrogen (secondary N) is 1. The molecule has 1 N–H and O–H groups in total. The van der Waals surface area contributed by atoms with Crippen molar-refractivity contribution < 1.29 is 4.79 Å². The fourth-order valence-electron chi connectivity index (χ4n) is 4.09. The molecule has 0 spiro atoms. The molecule has 3 heterocycles. The molecule has 1 fully saturated rings. The number of hydrogen-bond donors (Lipinski definition) is 1. The Balaban J connectivity index is 1.39. The van der Waals surface area contributed by atoms with E-state index in [2.05, 4.69) is 20.3 Å². The normalized spacial score (nSPS) is 14.5. The molecule has 4 aromatic rings. The van der Waals surface area contributed by atoms with E-state index in [1.807, 2.05) is 36.4 Å². The molecule has 8 heteroatoms. The number of aromatic nitrogens is 3. The SMILES string of the molecule is O=C(NCc1nn(CCN2CCCC2)c(=O)c2ccccc12)c1ccc2ncsc2c1. The van der Waals surface area contributed by atoms with E-state index in [0.717, 1.165) is 35.2 Å². The van der Waals surface area contributed by atoms with Gasteiger partial charge in [0.15, 0.2) is 0 Å². The van der Waals surface area contributed by atoms with Gasteiger partial charge in [-0.2, -0.15) is 5.10 Å². The molecule has 158 valence electrons. The minimum atomic E-state index is -0.170. The molecule has 0 saturated carbocycles. The van der Waals surface area contributed by atoms with Crippen LogP contribution < -0.4 is 10.9 Å². The molecule has 5 rings (SSSR count). The van der Waals surface area contributed by atoms with Crippen LogP contribution in [0.4, 0.5) is 0 Å². The van der Waals surface area contributed by atoms with E-state index in [-0.39, 0.29) is 18.0 Å². The summed E-state index contributed by atoms with van der Waals surface area (Å²) >= 11 is 1.51. The van der Waals surface area contributed by atoms with Crippen LogP contribution in [0, 0.1) is 0 Å². The summed E-state index contributed by atoms with van der Waals surface area (Å²) in [5.74, 6) is -0.170. The van der Waals surface area contributed by atoms with Gasteiger partial charge >= 0.3 is 0 Å². The van der Waals surface area contributed by atoms with Crippen LogP contribution in [0.1, 0.15) is 28.9 Å². The van der Waals surface area contributed by atoms with Crippen LogP contribution in [0.2, 0.25) is 0 Å². The number of benzene rings is 2. The first-order valence-corrected chi connectivity index (χ1v) is 11.4. The second-order valence-electron chi connectivity index (χ2n) is 7.79. The van der Waals surface area contributed by atoms with Crippen molar-refractivity contribution in [2.45, 2.75) is 25.9 Å². The Morgan fingerprint density at radius 2 is 1.87 bits per heavy atom. The number of carbonyl (C=O) groups excluding carboxylic acids is 1. The lowest BCUT2D eigenvalue weighted by Crippen LogP contribution is -2.32. The van der Waals surface area contributed by atoms with Gasteiger partial charge in [0, 0.05) is 17.5 Å². The van der Waals surface area contributed by atoms with Gasteiger partial charge in [-0.1, -0.05) is 18.2 Å². The average Bonchev–Trinajstić information content (AvgIpc) is 3.49. The largest absolute Gasteiger partial charge is 0.346 e. The van der Waals surface area contributed by atoms with Crippen molar-refractivity contribution in [1.29, 1.82) is 0 Å². The Kier molecular flexibility index (Phi) is 5.48. The van der Waals surface area contributed by atoms with Gasteiger partial charge in [0.05, 0.1) is 39.9 Å². The van der Waals surface area contributed by atoms with Gasteiger partial charge in [0.1, 0.15) is 0 Å². The van der Waals surface area contributed by atoms with Gasteiger partial charge in [-0.25, -0.2) is 9.67 Å². The average molecular weight is 434 g/mol. The molecule has 1 aliphatic rings. The molecule has 0 atom stereocenters. The molecule has 1 amide bonds. The molecule has 1 aliphatic heterocycles. The molecule has 7 nitrogen and oxygen atoms in total. The van der Waals surface area contributed by atoms with Crippen molar-refractivity contribution in [1.82, 2.24) is 25.0 Å². The van der Waals surface area contributed by atoms with Gasteiger partial charge in [0.2, 0.25) is 0 Å². The lowest BCUT2D eigenvalue weighted by molar-refractivity contribution is 0.0950. The molecular weight excluding hydrogens is 410 g/mol. The van der Waals surface area contributed by atoms with E-state index in [1.54, 1.807) is 16.3 Å². The summed E-state index contributed by atoms with van der Waals surface area (Å²) in [6, 6.07) is 13.0. The van der Waals surface area contributed by atoms with Crippen LogP contribution in [0.25, 0.3) is 21.0 Å². The van der Waals surface area contributed by atoms with E-state index >= 15 is 0 Å². The molecule has 2 aromatic heterocycles. The molecule has 31 heavy (non-hydrogen) atoms. The molecule has 0 unspecified atom stereocenters. The number of hydrogen-bond acceptors (Lipinski definition) is 6. The van der Waals surface area contributed by atoms with Crippen LogP contribution in [-0.2, 0) is 13.1 Å². The zero-order valence-corrected chi connectivity index (χ0v) is 17.9. The van der Waals surface area contributed by atoms with E-state index in [0.29, 0.717) is 23.2 Å². The zero-order chi connectivity index (χ0) is 21.2. The Bertz CT molecular complexity index is 1310. The molecule has 0 aliphatic carbocycles. The summed E-state index contributed by atoms with van der Waals surface area (Å²) < 4.78 is 2.53. The van der Waals surface area contributed by atoms with Crippen molar-refractivity contribution >= 4 is 38.2 Å². The minimum Gasteiger partial charge on any atom is -0.346 e. The van der Waals surface area contributed by atoms with Crippen molar-refractivity contribution in [2.75, 3.05) is 19.6 Å². The van der Waals surface area contributed by atoms with Gasteiger partial charge in [0.25, 0.3) is 11.5 Å². The number of nitrogens with zero attached hydrogens (tertiary/aromatic N) is 4. The predicted octanol–water partition coefficient (Wildman–Crippen LogP) is 3.03. The highest BCUT2D eigenvalue weighted by molar-refractivity contribution is 7.16. The molecule has 1 saturated heterocycles. The maximum Gasteiger partial charge on any atom is 0.274 e. The van der Waals surface area contributed by atoms with E-state index in [1.165, 1.54) is 24.2 Å². The number of amides is 1. The first-order valence-electron chi connectivity index (χ1n) is 10.5. The van der Waals surface area contributed by atoms with Crippen molar-refractivity contribution in [2.24, 2.45) is 0 Å². The van der Waals surface area contributed by atoms with Crippen LogP contribution >= 0.6 is 11.3 Å². The van der Waals surface area contributed by atoms with E-state index in [4.69, 9.17) is 0 Å². The highest BCUT2D eigenvalue weighted by atomic mass is 32.1. The Morgan fingerprint density at radius 3 is 2.71 bits per heavy atom. The number of thiazole rings is 1. The molecular formula is C23H23N5O2S. The number of carbonyl (C=O) groups is 1. The van der Waals surface area contributed by atoms with Gasteiger partial charge < -0.3 is 10.2 Å². The summed E-state index contributed by atoms with van der Waals surface area (Å²) in [4.78, 5) is 32.3. The molecule has 0 bridgehead atoms. The smallest absolute Gasteiger partial charge is 0.274 e. The first kappa shape index (κ1) is 19.8. The third-order valence-electron chi connectivity index (χ3n) is 5.78. The van der Waals surface area contributed by atoms with Crippen LogP contribution in [0.3, 0.4) is 0 Å². The summed E-state index contributed by atoms with van der Waals surface area (Å²) in [6.45, 7) is 3.77. The van der Waals surface area contributed by atoms with E-state index in [9.17, 15) is 9.59 Å². The maximum absolute atomic E-state index is 12.9. The Hall–Kier alpha value is -3.10. The fraction of sp³-hybridized carbons (Fsp3) is 0.304. The fourth-order valence-corrected chi connectivity index (χ4v) is 4.81. The molecule has 0 radical (unpaired) electrons. The van der Waals surface area contributed by atoms with Gasteiger partial charge in [-0.3, -0.25) is 9.59 Å². The van der Waals surface area contributed by atoms with E-state index < -0.39 is 0 Å². The third-order valence-corrected chi connectivity index (χ3v) is 6.57. The summed E-state index contributed by atoms with van der Waals surface area (Å²) in [5.41, 5.74) is 3.86. The van der Waals surface area contributed by atoms with Crippen LogP contribution in [0.5, 0.6) is 0 Å². The number of fused-ring (bicyclic) bond motifs is 2. The number of rotatable bonds is 6. The lowest BCUT2D eigenvalue weighted by atomic mass is 10.1. The third kappa shape index (κ3) is 4.08. The summed E-state index contributed by atoms with van der Waals surface area (Å²) in [5, 5.41) is 9.00. The number of likely N-dealkylation sites (tertiary alicyclic amines) is 1. The summed E-state index contributed by atoms with van der Waals surface area (Å²) in [7, 11) is 0. The maximum atomic E-state index is 12.9. The van der Waals surface area contributed by atoms with Crippen LogP contribution in [0.15, 0.2) is 52.8 Å². The highest BCUT2D eigenvalue weighted by Crippen LogP contribution is 2.19. The topological polar surface area (TPSA) is 80.1 Å². The monoisotopic (exact) mass is 433 g/mol. The summed E-state index contributed by atoms with van der Waals surface area (Å²) in [6.07, 6.45) is 2.43. The minimum absolute atomic E-state index is 0.0829. The second kappa shape index (κ2) is 8.56. The van der Waals surface area contributed by atoms with Crippen molar-refractivity contribution in [3.05, 3.63) is 69.6 Å². The highest BCUT2D eigenvalue weighted by Gasteiger charge is 2.15. The zero-order valence-electron chi connectivity index (χ0n) is 17.1. The quantitative estimate of drug-likeness (QED) is 0.506. The predicted molar refractivity (Wildman–Crippen MR) is 122 cm³/mol. The van der Waals surface area contributed by atoms with Crippen LogP contribution in [-0.4, -0.2) is 45.2 Å². The standard InChI is InChI=1S/C23H23N5O2S/c29-22(16-7-8-19-21(13-16)31-15-25-19)24-14-20-17-5-1-2-6-18(17)23(30)28(26-20)12-11-27-9-3-4-10-27/h1-2,5-8,13,15H,3-4,9-12,14H2,(H,24,29). The van der Waals surface area contributed by atoms with Gasteiger partial charge in [-0.15, -0.1) is 11.3 Å². The Labute approximate surface area is 183 Å². The first-order chi connectivity index (χ1) is 15.2. The van der Waals surface area contributed by atoms with Crippen molar-refractivity contribution in [3.63, 3.8) is 0 Å². The second-order valence-corrected chi connectivity index (χ2v) is 8.67. The van der Waals surface area contributed by atoms with Gasteiger partial charge in [-0.05, 0) is 50.2 Å². The van der Waals surface area contributed by atoms with Crippen molar-refractivity contribution in [3.8, 4) is 0 Å². The Morgan fingerprint density at radius 1 is 1.06 bits per heavy atom. The molecule has 2 aromatic carbocycles.